The molecule has 0 unspecified atom stereocenters. The molecule has 6 nitrogen and oxygen atoms in total. The van der Waals surface area contributed by atoms with Gasteiger partial charge >= 0.3 is 0 Å². The van der Waals surface area contributed by atoms with Crippen molar-refractivity contribution in [3.05, 3.63) is 47.5 Å². The van der Waals surface area contributed by atoms with Gasteiger partial charge in [0.25, 0.3) is 0 Å². The van der Waals surface area contributed by atoms with Gasteiger partial charge in [0.05, 0.1) is 12.5 Å². The number of piperidine rings is 1. The fraction of sp³-hybridized carbons (Fsp3) is 0.526. The van der Waals surface area contributed by atoms with Gasteiger partial charge in [0.1, 0.15) is 5.82 Å². The SMILES string of the molecule is CCCn1nc(CC(N)=O)nc1[C@@H]1CCCCN1Cc1ccccc1. The first-order valence-electron chi connectivity index (χ1n) is 9.17. The number of primary amides is 1. The third kappa shape index (κ3) is 4.45. The molecule has 1 aliphatic heterocycles. The third-order valence-electron chi connectivity index (χ3n) is 4.65. The summed E-state index contributed by atoms with van der Waals surface area (Å²) >= 11 is 0. The minimum absolute atomic E-state index is 0.106. The third-order valence-corrected chi connectivity index (χ3v) is 4.65. The van der Waals surface area contributed by atoms with Crippen LogP contribution < -0.4 is 5.73 Å². The molecule has 25 heavy (non-hydrogen) atoms. The van der Waals surface area contributed by atoms with Crippen LogP contribution in [0, 0.1) is 0 Å². The Morgan fingerprint density at radius 2 is 2.08 bits per heavy atom. The smallest absolute Gasteiger partial charge is 0.225 e. The van der Waals surface area contributed by atoms with Crippen LogP contribution in [0.15, 0.2) is 30.3 Å². The predicted molar refractivity (Wildman–Crippen MR) is 96.7 cm³/mol. The van der Waals surface area contributed by atoms with Gasteiger partial charge < -0.3 is 5.73 Å². The van der Waals surface area contributed by atoms with Gasteiger partial charge in [-0.2, -0.15) is 5.10 Å². The molecule has 0 bridgehead atoms. The number of rotatable bonds is 7. The molecule has 2 N–H and O–H groups in total. The Labute approximate surface area is 149 Å². The number of hydrogen-bond acceptors (Lipinski definition) is 4. The van der Waals surface area contributed by atoms with E-state index in [1.165, 1.54) is 18.4 Å². The Balaban J connectivity index is 1.85. The second kappa shape index (κ2) is 8.25. The number of benzene rings is 1. The number of nitrogens with zero attached hydrogens (tertiary/aromatic N) is 4. The molecule has 0 saturated carbocycles. The molecule has 1 fully saturated rings. The standard InChI is InChI=1S/C19H27N5O/c1-2-11-24-19(21-18(22-24)13-17(20)25)16-10-6-7-12-23(16)14-15-8-4-3-5-9-15/h3-5,8-9,16H,2,6-7,10-14H2,1H3,(H2,20,25)/t16-/m0/s1. The molecule has 134 valence electrons. The molecular weight excluding hydrogens is 314 g/mol. The van der Waals surface area contributed by atoms with Crippen LogP contribution in [0.4, 0.5) is 0 Å². The predicted octanol–water partition coefficient (Wildman–Crippen LogP) is 2.44. The number of nitrogens with two attached hydrogens (primary N) is 1. The van der Waals surface area contributed by atoms with Crippen LogP contribution in [0.5, 0.6) is 0 Å². The summed E-state index contributed by atoms with van der Waals surface area (Å²) in [5.41, 5.74) is 6.64. The highest BCUT2D eigenvalue weighted by molar-refractivity contribution is 5.75. The van der Waals surface area contributed by atoms with Crippen molar-refractivity contribution in [3.63, 3.8) is 0 Å². The average Bonchev–Trinajstić information content (AvgIpc) is 2.98. The number of amides is 1. The van der Waals surface area contributed by atoms with Crippen LogP contribution in [0.2, 0.25) is 0 Å². The Morgan fingerprint density at radius 1 is 1.28 bits per heavy atom. The summed E-state index contributed by atoms with van der Waals surface area (Å²) in [4.78, 5) is 18.4. The first-order chi connectivity index (χ1) is 12.2. The van der Waals surface area contributed by atoms with Gasteiger partial charge in [-0.15, -0.1) is 0 Å². The van der Waals surface area contributed by atoms with E-state index in [1.807, 2.05) is 10.7 Å². The zero-order valence-corrected chi connectivity index (χ0v) is 14.9. The highest BCUT2D eigenvalue weighted by atomic mass is 16.1. The van der Waals surface area contributed by atoms with E-state index in [1.54, 1.807) is 0 Å². The Morgan fingerprint density at radius 3 is 2.80 bits per heavy atom. The van der Waals surface area contributed by atoms with Gasteiger partial charge in [-0.3, -0.25) is 9.69 Å². The van der Waals surface area contributed by atoms with E-state index in [0.29, 0.717) is 5.82 Å². The maximum atomic E-state index is 11.3. The minimum atomic E-state index is -0.384. The second-order valence-corrected chi connectivity index (χ2v) is 6.72. The first kappa shape index (κ1) is 17.6. The van der Waals surface area contributed by atoms with Crippen LogP contribution in [-0.4, -0.2) is 32.1 Å². The molecule has 6 heteroatoms. The van der Waals surface area contributed by atoms with Crippen LogP contribution >= 0.6 is 0 Å². The zero-order valence-electron chi connectivity index (χ0n) is 14.9. The van der Waals surface area contributed by atoms with E-state index in [0.717, 1.165) is 38.3 Å². The highest BCUT2D eigenvalue weighted by Gasteiger charge is 2.29. The lowest BCUT2D eigenvalue weighted by Gasteiger charge is -2.35. The summed E-state index contributed by atoms with van der Waals surface area (Å²) in [6.07, 6.45) is 4.57. The van der Waals surface area contributed by atoms with E-state index in [2.05, 4.69) is 41.2 Å². The summed E-state index contributed by atoms with van der Waals surface area (Å²) in [6.45, 7) is 4.91. The molecule has 1 amide bonds. The Bertz CT molecular complexity index is 697. The molecule has 3 rings (SSSR count). The van der Waals surface area contributed by atoms with Gasteiger partial charge in [0, 0.05) is 13.1 Å². The van der Waals surface area contributed by atoms with E-state index in [-0.39, 0.29) is 18.4 Å². The zero-order chi connectivity index (χ0) is 17.6. The summed E-state index contributed by atoms with van der Waals surface area (Å²) in [7, 11) is 0. The minimum Gasteiger partial charge on any atom is -0.369 e. The topological polar surface area (TPSA) is 77.0 Å². The van der Waals surface area contributed by atoms with Gasteiger partial charge in [0.2, 0.25) is 5.91 Å². The quantitative estimate of drug-likeness (QED) is 0.839. The monoisotopic (exact) mass is 341 g/mol. The lowest BCUT2D eigenvalue weighted by molar-refractivity contribution is -0.117. The lowest BCUT2D eigenvalue weighted by Crippen LogP contribution is -2.34. The van der Waals surface area contributed by atoms with Crippen LogP contribution in [0.1, 0.15) is 55.9 Å². The maximum absolute atomic E-state index is 11.3. The van der Waals surface area contributed by atoms with Crippen molar-refractivity contribution in [2.75, 3.05) is 6.54 Å². The van der Waals surface area contributed by atoms with Crippen LogP contribution in [0.3, 0.4) is 0 Å². The number of carbonyl (C=O) groups excluding carboxylic acids is 1. The molecule has 0 aliphatic carbocycles. The second-order valence-electron chi connectivity index (χ2n) is 6.72. The number of carbonyl (C=O) groups is 1. The highest BCUT2D eigenvalue weighted by Crippen LogP contribution is 2.31. The number of hydrogen-bond donors (Lipinski definition) is 1. The Kier molecular flexibility index (Phi) is 5.81. The Hall–Kier alpha value is -2.21. The van der Waals surface area contributed by atoms with Gasteiger partial charge in [0.15, 0.2) is 5.82 Å². The summed E-state index contributed by atoms with van der Waals surface area (Å²) < 4.78 is 1.98. The van der Waals surface area contributed by atoms with Crippen molar-refractivity contribution in [2.24, 2.45) is 5.73 Å². The average molecular weight is 341 g/mol. The van der Waals surface area contributed by atoms with Gasteiger partial charge in [-0.1, -0.05) is 43.7 Å². The summed E-state index contributed by atoms with van der Waals surface area (Å²) in [6, 6.07) is 10.8. The van der Waals surface area contributed by atoms with Crippen molar-refractivity contribution in [1.82, 2.24) is 19.7 Å². The molecule has 2 heterocycles. The fourth-order valence-electron chi connectivity index (χ4n) is 3.55. The van der Waals surface area contributed by atoms with Crippen molar-refractivity contribution in [3.8, 4) is 0 Å². The number of likely N-dealkylation sites (tertiary alicyclic amines) is 1. The maximum Gasteiger partial charge on any atom is 0.225 e. The molecule has 2 aromatic rings. The van der Waals surface area contributed by atoms with Gasteiger partial charge in [-0.25, -0.2) is 9.67 Å². The summed E-state index contributed by atoms with van der Waals surface area (Å²) in [5, 5.41) is 4.53. The molecule has 1 atom stereocenters. The molecule has 0 radical (unpaired) electrons. The largest absolute Gasteiger partial charge is 0.369 e. The van der Waals surface area contributed by atoms with E-state index >= 15 is 0 Å². The van der Waals surface area contributed by atoms with E-state index in [4.69, 9.17) is 10.7 Å². The van der Waals surface area contributed by atoms with E-state index < -0.39 is 0 Å². The van der Waals surface area contributed by atoms with Gasteiger partial charge in [-0.05, 0) is 31.4 Å². The van der Waals surface area contributed by atoms with Crippen LogP contribution in [-0.2, 0) is 24.3 Å². The van der Waals surface area contributed by atoms with Crippen LogP contribution in [0.25, 0.3) is 0 Å². The molecule has 1 aliphatic rings. The fourth-order valence-corrected chi connectivity index (χ4v) is 3.55. The van der Waals surface area contributed by atoms with E-state index in [9.17, 15) is 4.79 Å². The lowest BCUT2D eigenvalue weighted by atomic mass is 10.0. The van der Waals surface area contributed by atoms with Crippen molar-refractivity contribution < 1.29 is 4.79 Å². The number of aryl methyl sites for hydroxylation is 1. The normalized spacial score (nSPS) is 18.4. The van der Waals surface area contributed by atoms with Crippen molar-refractivity contribution in [2.45, 2.75) is 58.2 Å². The molecular formula is C19H27N5O. The molecule has 1 aromatic heterocycles. The number of aromatic nitrogens is 3. The summed E-state index contributed by atoms with van der Waals surface area (Å²) in [5.74, 6) is 1.14. The molecule has 1 saturated heterocycles. The van der Waals surface area contributed by atoms with Crippen molar-refractivity contribution >= 4 is 5.91 Å². The molecule has 0 spiro atoms. The first-order valence-corrected chi connectivity index (χ1v) is 9.17. The molecule has 1 aromatic carbocycles. The van der Waals surface area contributed by atoms with Crippen molar-refractivity contribution in [1.29, 1.82) is 0 Å².